The van der Waals surface area contributed by atoms with Gasteiger partial charge in [0, 0.05) is 43.7 Å². The SMILES string of the molecule is CCCCn1c(-c2ccccc2)nc(-c2ccccc2)c1CN(Cc1ccc(OC(F)F)cc1)Cc1ccc2c(c1)CCO2. The fourth-order valence-corrected chi connectivity index (χ4v) is 5.85. The predicted molar refractivity (Wildman–Crippen MR) is 170 cm³/mol. The Kier molecular flexibility index (Phi) is 9.32. The minimum Gasteiger partial charge on any atom is -0.493 e. The van der Waals surface area contributed by atoms with E-state index in [9.17, 15) is 8.78 Å². The van der Waals surface area contributed by atoms with Crippen LogP contribution in [0.3, 0.4) is 0 Å². The maximum atomic E-state index is 12.8. The molecule has 44 heavy (non-hydrogen) atoms. The van der Waals surface area contributed by atoms with Gasteiger partial charge in [-0.05, 0) is 41.3 Å². The largest absolute Gasteiger partial charge is 0.493 e. The first kappa shape index (κ1) is 29.6. The fourth-order valence-electron chi connectivity index (χ4n) is 5.85. The smallest absolute Gasteiger partial charge is 0.387 e. The standard InChI is InChI=1S/C37H37F2N3O2/c1-2-3-21-42-33(35(29-10-6-4-7-11-29)40-36(42)30-12-8-5-9-13-30)26-41(24-27-14-17-32(18-15-27)44-37(38)39)25-28-16-19-34-31(23-28)20-22-43-34/h4-19,23,37H,2-3,20-22,24-26H2,1H3. The topological polar surface area (TPSA) is 39.5 Å². The third-order valence-electron chi connectivity index (χ3n) is 7.98. The summed E-state index contributed by atoms with van der Waals surface area (Å²) >= 11 is 0. The highest BCUT2D eigenvalue weighted by molar-refractivity contribution is 5.68. The molecule has 0 spiro atoms. The molecule has 6 rings (SSSR count). The van der Waals surface area contributed by atoms with Gasteiger partial charge in [-0.15, -0.1) is 0 Å². The van der Waals surface area contributed by atoms with E-state index in [1.165, 1.54) is 11.1 Å². The fraction of sp³-hybridized carbons (Fsp3) is 0.270. The summed E-state index contributed by atoms with van der Waals surface area (Å²) in [5.41, 5.74) is 7.76. The Morgan fingerprint density at radius 2 is 1.52 bits per heavy atom. The van der Waals surface area contributed by atoms with Crippen molar-refractivity contribution in [2.75, 3.05) is 6.61 Å². The summed E-state index contributed by atoms with van der Waals surface area (Å²) in [7, 11) is 0. The molecule has 0 saturated carbocycles. The van der Waals surface area contributed by atoms with Gasteiger partial charge in [0.2, 0.25) is 0 Å². The van der Waals surface area contributed by atoms with Crippen LogP contribution in [0, 0.1) is 0 Å². The highest BCUT2D eigenvalue weighted by Gasteiger charge is 2.23. The number of hydrogen-bond acceptors (Lipinski definition) is 4. The van der Waals surface area contributed by atoms with Crippen molar-refractivity contribution in [2.24, 2.45) is 0 Å². The molecule has 0 bridgehead atoms. The minimum atomic E-state index is -2.85. The number of fused-ring (bicyclic) bond motifs is 1. The van der Waals surface area contributed by atoms with Gasteiger partial charge in [0.25, 0.3) is 0 Å². The molecular formula is C37H37F2N3O2. The lowest BCUT2D eigenvalue weighted by molar-refractivity contribution is -0.0498. The Balaban J connectivity index is 1.41. The maximum absolute atomic E-state index is 12.8. The molecule has 226 valence electrons. The van der Waals surface area contributed by atoms with E-state index in [1.54, 1.807) is 12.1 Å². The number of aromatic nitrogens is 2. The average Bonchev–Trinajstić information content (AvgIpc) is 3.66. The van der Waals surface area contributed by atoms with E-state index in [4.69, 9.17) is 9.72 Å². The van der Waals surface area contributed by atoms with Crippen LogP contribution in [0.15, 0.2) is 103 Å². The summed E-state index contributed by atoms with van der Waals surface area (Å²) < 4.78 is 38.3. The zero-order valence-electron chi connectivity index (χ0n) is 25.0. The Hall–Kier alpha value is -4.49. The van der Waals surface area contributed by atoms with Gasteiger partial charge < -0.3 is 14.0 Å². The number of hydrogen-bond donors (Lipinski definition) is 0. The number of unbranched alkanes of at least 4 members (excludes halogenated alkanes) is 1. The van der Waals surface area contributed by atoms with Crippen molar-refractivity contribution in [3.8, 4) is 34.1 Å². The molecular weight excluding hydrogens is 556 g/mol. The summed E-state index contributed by atoms with van der Waals surface area (Å²) in [5, 5.41) is 0. The molecule has 0 unspecified atom stereocenters. The molecule has 0 fully saturated rings. The van der Waals surface area contributed by atoms with Crippen LogP contribution in [0.1, 0.15) is 42.1 Å². The molecule has 0 N–H and O–H groups in total. The lowest BCUT2D eigenvalue weighted by Crippen LogP contribution is -2.24. The van der Waals surface area contributed by atoms with E-state index in [0.717, 1.165) is 72.1 Å². The second kappa shape index (κ2) is 13.9. The zero-order valence-corrected chi connectivity index (χ0v) is 25.0. The monoisotopic (exact) mass is 593 g/mol. The number of alkyl halides is 2. The van der Waals surface area contributed by atoms with Gasteiger partial charge in [0.15, 0.2) is 0 Å². The van der Waals surface area contributed by atoms with Crippen LogP contribution in [-0.4, -0.2) is 27.7 Å². The predicted octanol–water partition coefficient (Wildman–Crippen LogP) is 8.76. The summed E-state index contributed by atoms with van der Waals surface area (Å²) in [6, 6.07) is 34.2. The van der Waals surface area contributed by atoms with E-state index >= 15 is 0 Å². The molecule has 0 saturated heterocycles. The molecule has 0 aliphatic carbocycles. The molecule has 4 aromatic carbocycles. The molecule has 2 heterocycles. The van der Waals surface area contributed by atoms with Gasteiger partial charge in [-0.25, -0.2) is 4.98 Å². The summed E-state index contributed by atoms with van der Waals surface area (Å²) in [4.78, 5) is 7.69. The van der Waals surface area contributed by atoms with Crippen molar-refractivity contribution in [2.45, 2.75) is 59.0 Å². The van der Waals surface area contributed by atoms with E-state index < -0.39 is 6.61 Å². The molecule has 5 nitrogen and oxygen atoms in total. The quantitative estimate of drug-likeness (QED) is 0.137. The van der Waals surface area contributed by atoms with Crippen LogP contribution in [0.5, 0.6) is 11.5 Å². The van der Waals surface area contributed by atoms with Gasteiger partial charge in [0.05, 0.1) is 18.0 Å². The minimum absolute atomic E-state index is 0.158. The Morgan fingerprint density at radius 3 is 2.23 bits per heavy atom. The number of ether oxygens (including phenoxy) is 2. The highest BCUT2D eigenvalue weighted by atomic mass is 19.3. The van der Waals surface area contributed by atoms with Crippen LogP contribution in [-0.2, 0) is 32.6 Å². The first-order valence-corrected chi connectivity index (χ1v) is 15.3. The summed E-state index contributed by atoms with van der Waals surface area (Å²) in [6.45, 7) is 2.92. The molecule has 0 atom stereocenters. The zero-order chi connectivity index (χ0) is 30.3. The number of nitrogens with zero attached hydrogens (tertiary/aromatic N) is 3. The van der Waals surface area contributed by atoms with Crippen LogP contribution in [0.4, 0.5) is 8.78 Å². The third kappa shape index (κ3) is 7.00. The van der Waals surface area contributed by atoms with Crippen molar-refractivity contribution >= 4 is 0 Å². The lowest BCUT2D eigenvalue weighted by atomic mass is 10.1. The second-order valence-electron chi connectivity index (χ2n) is 11.2. The highest BCUT2D eigenvalue weighted by Crippen LogP contribution is 2.33. The van der Waals surface area contributed by atoms with Gasteiger partial charge in [0.1, 0.15) is 17.3 Å². The van der Waals surface area contributed by atoms with Crippen LogP contribution in [0.25, 0.3) is 22.6 Å². The Labute approximate surface area is 257 Å². The van der Waals surface area contributed by atoms with Crippen molar-refractivity contribution < 1.29 is 18.3 Å². The van der Waals surface area contributed by atoms with E-state index in [0.29, 0.717) is 19.6 Å². The molecule has 1 aliphatic rings. The number of halogens is 2. The van der Waals surface area contributed by atoms with Crippen molar-refractivity contribution in [1.29, 1.82) is 0 Å². The Bertz CT molecular complexity index is 1650. The van der Waals surface area contributed by atoms with E-state index in [2.05, 4.69) is 87.9 Å². The first-order valence-electron chi connectivity index (χ1n) is 15.3. The van der Waals surface area contributed by atoms with Crippen molar-refractivity contribution in [3.63, 3.8) is 0 Å². The Morgan fingerprint density at radius 1 is 0.841 bits per heavy atom. The van der Waals surface area contributed by atoms with E-state index in [-0.39, 0.29) is 5.75 Å². The van der Waals surface area contributed by atoms with Crippen LogP contribution in [0.2, 0.25) is 0 Å². The van der Waals surface area contributed by atoms with Gasteiger partial charge in [-0.3, -0.25) is 4.90 Å². The average molecular weight is 594 g/mol. The van der Waals surface area contributed by atoms with Gasteiger partial charge in [-0.2, -0.15) is 8.78 Å². The number of benzene rings is 4. The molecule has 5 aromatic rings. The van der Waals surface area contributed by atoms with Crippen LogP contribution >= 0.6 is 0 Å². The van der Waals surface area contributed by atoms with Gasteiger partial charge in [-0.1, -0.05) is 98.3 Å². The number of imidazole rings is 1. The molecule has 7 heteroatoms. The molecule has 0 amide bonds. The normalized spacial score (nSPS) is 12.5. The third-order valence-corrected chi connectivity index (χ3v) is 7.98. The lowest BCUT2D eigenvalue weighted by Gasteiger charge is -2.25. The molecule has 1 aliphatic heterocycles. The molecule has 0 radical (unpaired) electrons. The van der Waals surface area contributed by atoms with E-state index in [1.807, 2.05) is 24.3 Å². The van der Waals surface area contributed by atoms with Crippen molar-refractivity contribution in [1.82, 2.24) is 14.5 Å². The maximum Gasteiger partial charge on any atom is 0.387 e. The number of rotatable bonds is 13. The second-order valence-corrected chi connectivity index (χ2v) is 11.2. The van der Waals surface area contributed by atoms with Crippen molar-refractivity contribution in [3.05, 3.63) is 126 Å². The molecule has 1 aromatic heterocycles. The first-order chi connectivity index (χ1) is 21.6. The van der Waals surface area contributed by atoms with Gasteiger partial charge >= 0.3 is 6.61 Å². The van der Waals surface area contributed by atoms with Crippen LogP contribution < -0.4 is 9.47 Å². The summed E-state index contributed by atoms with van der Waals surface area (Å²) in [6.07, 6.45) is 3.02. The summed E-state index contributed by atoms with van der Waals surface area (Å²) in [5.74, 6) is 2.09.